The molecule has 0 unspecified atom stereocenters. The molecule has 0 aliphatic rings. The monoisotopic (exact) mass is 334 g/mol. The van der Waals surface area contributed by atoms with Crippen molar-refractivity contribution in [2.45, 2.75) is 52.4 Å². The molecule has 4 heteroatoms. The van der Waals surface area contributed by atoms with Crippen molar-refractivity contribution >= 4 is 12.0 Å². The summed E-state index contributed by atoms with van der Waals surface area (Å²) in [5, 5.41) is 0. The summed E-state index contributed by atoms with van der Waals surface area (Å²) in [6.07, 6.45) is 10.5. The van der Waals surface area contributed by atoms with Crippen molar-refractivity contribution < 1.29 is 19.0 Å². The zero-order valence-electron chi connectivity index (χ0n) is 15.2. The molecule has 0 N–H and O–H groups in total. The van der Waals surface area contributed by atoms with Crippen LogP contribution in [0.15, 0.2) is 24.3 Å². The Morgan fingerprint density at radius 3 is 2.50 bits per heavy atom. The first-order valence-corrected chi connectivity index (χ1v) is 8.87. The lowest BCUT2D eigenvalue weighted by Gasteiger charge is -2.11. The first-order chi connectivity index (χ1) is 11.7. The lowest BCUT2D eigenvalue weighted by atomic mass is 10.1. The second-order valence-corrected chi connectivity index (χ2v) is 5.61. The van der Waals surface area contributed by atoms with Gasteiger partial charge in [0.05, 0.1) is 20.3 Å². The molecule has 24 heavy (non-hydrogen) atoms. The van der Waals surface area contributed by atoms with Gasteiger partial charge in [0, 0.05) is 6.08 Å². The number of benzene rings is 1. The third-order valence-corrected chi connectivity index (χ3v) is 3.64. The van der Waals surface area contributed by atoms with Gasteiger partial charge in [-0.3, -0.25) is 0 Å². The number of ether oxygens (including phenoxy) is 3. The molecule has 1 aromatic rings. The molecule has 0 heterocycles. The molecule has 1 rings (SSSR count). The van der Waals surface area contributed by atoms with Crippen LogP contribution in [0.3, 0.4) is 0 Å². The number of rotatable bonds is 12. The van der Waals surface area contributed by atoms with E-state index in [-0.39, 0.29) is 5.97 Å². The highest BCUT2D eigenvalue weighted by Gasteiger charge is 2.05. The molecule has 0 atom stereocenters. The van der Waals surface area contributed by atoms with Crippen LogP contribution in [0.2, 0.25) is 0 Å². The average Bonchev–Trinajstić information content (AvgIpc) is 2.60. The highest BCUT2D eigenvalue weighted by molar-refractivity contribution is 5.87. The van der Waals surface area contributed by atoms with Crippen LogP contribution >= 0.6 is 0 Å². The quantitative estimate of drug-likeness (QED) is 0.306. The smallest absolute Gasteiger partial charge is 0.330 e. The molecular formula is C20H30O4. The van der Waals surface area contributed by atoms with Crippen molar-refractivity contribution in [3.8, 4) is 11.5 Å². The van der Waals surface area contributed by atoms with E-state index in [1.807, 2.05) is 18.2 Å². The van der Waals surface area contributed by atoms with Gasteiger partial charge in [-0.05, 0) is 37.1 Å². The van der Waals surface area contributed by atoms with Gasteiger partial charge in [0.15, 0.2) is 11.5 Å². The minimum absolute atomic E-state index is 0.347. The van der Waals surface area contributed by atoms with Crippen LogP contribution in [0.5, 0.6) is 11.5 Å². The molecule has 0 spiro atoms. The molecule has 0 aliphatic heterocycles. The van der Waals surface area contributed by atoms with Gasteiger partial charge in [0.2, 0.25) is 0 Å². The van der Waals surface area contributed by atoms with Crippen LogP contribution in [0, 0.1) is 0 Å². The van der Waals surface area contributed by atoms with Gasteiger partial charge in [-0.25, -0.2) is 4.79 Å². The molecule has 134 valence electrons. The second-order valence-electron chi connectivity index (χ2n) is 5.61. The van der Waals surface area contributed by atoms with Crippen molar-refractivity contribution in [1.82, 2.24) is 0 Å². The number of unbranched alkanes of at least 4 members (excludes halogenated alkanes) is 5. The molecule has 0 aliphatic carbocycles. The van der Waals surface area contributed by atoms with E-state index in [0.717, 1.165) is 17.7 Å². The predicted octanol–water partition coefficient (Wildman–Crippen LogP) is 5.01. The van der Waals surface area contributed by atoms with Crippen molar-refractivity contribution in [2.24, 2.45) is 0 Å². The zero-order chi connectivity index (χ0) is 17.6. The fourth-order valence-electron chi connectivity index (χ4n) is 2.33. The van der Waals surface area contributed by atoms with E-state index in [1.165, 1.54) is 38.2 Å². The molecule has 0 aromatic heterocycles. The van der Waals surface area contributed by atoms with Gasteiger partial charge >= 0.3 is 5.97 Å². The Hall–Kier alpha value is -1.97. The van der Waals surface area contributed by atoms with Crippen LogP contribution in [0.1, 0.15) is 57.9 Å². The number of carbonyl (C=O) groups is 1. The summed E-state index contributed by atoms with van der Waals surface area (Å²) in [6.45, 7) is 5.07. The van der Waals surface area contributed by atoms with E-state index in [1.54, 1.807) is 20.1 Å². The zero-order valence-corrected chi connectivity index (χ0v) is 15.2. The molecule has 1 aromatic carbocycles. The largest absolute Gasteiger partial charge is 0.493 e. The summed E-state index contributed by atoms with van der Waals surface area (Å²) in [5.74, 6) is 1.06. The van der Waals surface area contributed by atoms with Gasteiger partial charge < -0.3 is 14.2 Å². The van der Waals surface area contributed by atoms with Gasteiger partial charge in [-0.1, -0.05) is 45.1 Å². The Labute approximate surface area is 145 Å². The lowest BCUT2D eigenvalue weighted by Crippen LogP contribution is -2.00. The highest BCUT2D eigenvalue weighted by atomic mass is 16.5. The average molecular weight is 334 g/mol. The normalized spacial score (nSPS) is 10.8. The van der Waals surface area contributed by atoms with Gasteiger partial charge in [-0.2, -0.15) is 0 Å². The molecule has 0 bridgehead atoms. The SMILES string of the molecule is CCCCCCCCOc1ccc(C=CC(=O)OCC)cc1OC. The highest BCUT2D eigenvalue weighted by Crippen LogP contribution is 2.28. The van der Waals surface area contributed by atoms with Gasteiger partial charge in [0.25, 0.3) is 0 Å². The van der Waals surface area contributed by atoms with E-state index < -0.39 is 0 Å². The van der Waals surface area contributed by atoms with Crippen molar-refractivity contribution in [1.29, 1.82) is 0 Å². The summed E-state index contributed by atoms with van der Waals surface area (Å²) in [4.78, 5) is 11.3. The van der Waals surface area contributed by atoms with E-state index >= 15 is 0 Å². The topological polar surface area (TPSA) is 44.8 Å². The first kappa shape index (κ1) is 20.1. The number of carbonyl (C=O) groups excluding carboxylic acids is 1. The Morgan fingerprint density at radius 2 is 1.79 bits per heavy atom. The van der Waals surface area contributed by atoms with Crippen LogP contribution < -0.4 is 9.47 Å². The second kappa shape index (κ2) is 12.5. The Bertz CT molecular complexity index is 508. The van der Waals surface area contributed by atoms with Crippen LogP contribution in [-0.4, -0.2) is 26.3 Å². The standard InChI is InChI=1S/C20H30O4/c1-4-6-7-8-9-10-15-24-18-13-11-17(16-19(18)22-3)12-14-20(21)23-5-2/h11-14,16H,4-10,15H2,1-3H3. The minimum Gasteiger partial charge on any atom is -0.493 e. The molecule has 0 saturated carbocycles. The lowest BCUT2D eigenvalue weighted by molar-refractivity contribution is -0.137. The summed E-state index contributed by atoms with van der Waals surface area (Å²) >= 11 is 0. The van der Waals surface area contributed by atoms with Crippen molar-refractivity contribution in [2.75, 3.05) is 20.3 Å². The maximum absolute atomic E-state index is 11.3. The third-order valence-electron chi connectivity index (χ3n) is 3.64. The molecule has 0 radical (unpaired) electrons. The Morgan fingerprint density at radius 1 is 1.04 bits per heavy atom. The van der Waals surface area contributed by atoms with Gasteiger partial charge in [0.1, 0.15) is 0 Å². The van der Waals surface area contributed by atoms with E-state index in [2.05, 4.69) is 6.92 Å². The van der Waals surface area contributed by atoms with Crippen LogP contribution in [-0.2, 0) is 9.53 Å². The predicted molar refractivity (Wildman–Crippen MR) is 97.5 cm³/mol. The molecular weight excluding hydrogens is 304 g/mol. The number of methoxy groups -OCH3 is 1. The third kappa shape index (κ3) is 8.04. The van der Waals surface area contributed by atoms with Gasteiger partial charge in [-0.15, -0.1) is 0 Å². The maximum atomic E-state index is 11.3. The molecule has 0 fully saturated rings. The number of hydrogen-bond acceptors (Lipinski definition) is 4. The maximum Gasteiger partial charge on any atom is 0.330 e. The van der Waals surface area contributed by atoms with Crippen molar-refractivity contribution in [3.63, 3.8) is 0 Å². The van der Waals surface area contributed by atoms with E-state index in [9.17, 15) is 4.79 Å². The minimum atomic E-state index is -0.347. The Kier molecular flexibility index (Phi) is 10.4. The van der Waals surface area contributed by atoms with Crippen LogP contribution in [0.4, 0.5) is 0 Å². The summed E-state index contributed by atoms with van der Waals surface area (Å²) < 4.78 is 16.1. The molecule has 0 amide bonds. The Balaban J connectivity index is 2.47. The van der Waals surface area contributed by atoms with Crippen LogP contribution in [0.25, 0.3) is 6.08 Å². The molecule has 4 nitrogen and oxygen atoms in total. The van der Waals surface area contributed by atoms with E-state index in [0.29, 0.717) is 19.0 Å². The summed E-state index contributed by atoms with van der Waals surface area (Å²) in [5.41, 5.74) is 0.867. The van der Waals surface area contributed by atoms with E-state index in [4.69, 9.17) is 14.2 Å². The number of hydrogen-bond donors (Lipinski definition) is 0. The van der Waals surface area contributed by atoms with Crippen molar-refractivity contribution in [3.05, 3.63) is 29.8 Å². The summed E-state index contributed by atoms with van der Waals surface area (Å²) in [6, 6.07) is 5.63. The summed E-state index contributed by atoms with van der Waals surface area (Å²) in [7, 11) is 1.62. The number of esters is 1. The fraction of sp³-hybridized carbons (Fsp3) is 0.550. The molecule has 0 saturated heterocycles. The fourth-order valence-corrected chi connectivity index (χ4v) is 2.33. The first-order valence-electron chi connectivity index (χ1n) is 8.87.